The van der Waals surface area contributed by atoms with Crippen LogP contribution in [0.15, 0.2) is 61.3 Å². The van der Waals surface area contributed by atoms with Crippen LogP contribution in [-0.2, 0) is 0 Å². The Morgan fingerprint density at radius 2 is 1.62 bits per heavy atom. The van der Waals surface area contributed by atoms with Crippen LogP contribution in [0, 0.1) is 0 Å². The van der Waals surface area contributed by atoms with E-state index in [-0.39, 0.29) is 0 Å². The quantitative estimate of drug-likeness (QED) is 0.805. The van der Waals surface area contributed by atoms with E-state index in [4.69, 9.17) is 0 Å². The first-order valence-electron chi connectivity index (χ1n) is 8.18. The van der Waals surface area contributed by atoms with Crippen molar-refractivity contribution in [2.45, 2.75) is 0 Å². The number of hydrogen-bond acceptors (Lipinski definition) is 5. The Balaban J connectivity index is 1.74. The molecule has 1 aliphatic heterocycles. The second-order valence-corrected chi connectivity index (χ2v) is 5.81. The molecule has 1 fully saturated rings. The molecule has 0 unspecified atom stereocenters. The van der Waals surface area contributed by atoms with Crippen molar-refractivity contribution in [3.8, 4) is 22.3 Å². The first-order chi connectivity index (χ1) is 11.9. The SMILES string of the molecule is c1cnc(N2CCNCC2)c(-c2cncc(-c3ccncc3)c2)c1. The molecular formula is C19H19N5. The molecule has 0 aromatic carbocycles. The van der Waals surface area contributed by atoms with Gasteiger partial charge < -0.3 is 10.2 Å². The van der Waals surface area contributed by atoms with E-state index in [0.29, 0.717) is 0 Å². The Morgan fingerprint density at radius 1 is 0.833 bits per heavy atom. The average Bonchev–Trinajstić information content (AvgIpc) is 2.69. The molecule has 3 aromatic heterocycles. The zero-order valence-corrected chi connectivity index (χ0v) is 13.4. The number of anilines is 1. The molecular weight excluding hydrogens is 298 g/mol. The second-order valence-electron chi connectivity index (χ2n) is 5.81. The molecule has 4 heterocycles. The van der Waals surface area contributed by atoms with E-state index >= 15 is 0 Å². The summed E-state index contributed by atoms with van der Waals surface area (Å²) in [5.41, 5.74) is 4.42. The summed E-state index contributed by atoms with van der Waals surface area (Å²) in [7, 11) is 0. The lowest BCUT2D eigenvalue weighted by molar-refractivity contribution is 0.585. The van der Waals surface area contributed by atoms with Crippen molar-refractivity contribution >= 4 is 5.82 Å². The number of aromatic nitrogens is 3. The normalized spacial score (nSPS) is 14.6. The van der Waals surface area contributed by atoms with Gasteiger partial charge in [-0.2, -0.15) is 0 Å². The van der Waals surface area contributed by atoms with Crippen molar-refractivity contribution in [2.24, 2.45) is 0 Å². The van der Waals surface area contributed by atoms with Gasteiger partial charge in [0.1, 0.15) is 5.82 Å². The minimum Gasteiger partial charge on any atom is -0.354 e. The van der Waals surface area contributed by atoms with Gasteiger partial charge in [0, 0.05) is 73.9 Å². The van der Waals surface area contributed by atoms with E-state index in [0.717, 1.165) is 54.3 Å². The van der Waals surface area contributed by atoms with Crippen LogP contribution < -0.4 is 10.2 Å². The largest absolute Gasteiger partial charge is 0.354 e. The Morgan fingerprint density at radius 3 is 2.46 bits per heavy atom. The number of rotatable bonds is 3. The molecule has 0 spiro atoms. The maximum Gasteiger partial charge on any atom is 0.136 e. The van der Waals surface area contributed by atoms with E-state index in [1.807, 2.05) is 36.8 Å². The monoisotopic (exact) mass is 317 g/mol. The maximum atomic E-state index is 4.64. The van der Waals surface area contributed by atoms with Crippen LogP contribution >= 0.6 is 0 Å². The molecule has 5 nitrogen and oxygen atoms in total. The van der Waals surface area contributed by atoms with Crippen LogP contribution in [0.1, 0.15) is 0 Å². The molecule has 0 amide bonds. The molecule has 0 bridgehead atoms. The summed E-state index contributed by atoms with van der Waals surface area (Å²) >= 11 is 0. The van der Waals surface area contributed by atoms with Gasteiger partial charge in [0.25, 0.3) is 0 Å². The summed E-state index contributed by atoms with van der Waals surface area (Å²) in [6.07, 6.45) is 9.27. The highest BCUT2D eigenvalue weighted by molar-refractivity contribution is 5.78. The molecule has 0 saturated carbocycles. The summed E-state index contributed by atoms with van der Waals surface area (Å²) in [5.74, 6) is 1.03. The lowest BCUT2D eigenvalue weighted by Crippen LogP contribution is -2.44. The van der Waals surface area contributed by atoms with Crippen molar-refractivity contribution in [3.63, 3.8) is 0 Å². The molecule has 1 saturated heterocycles. The van der Waals surface area contributed by atoms with Crippen molar-refractivity contribution < 1.29 is 0 Å². The van der Waals surface area contributed by atoms with Crippen LogP contribution in [0.4, 0.5) is 5.82 Å². The fourth-order valence-electron chi connectivity index (χ4n) is 3.04. The van der Waals surface area contributed by atoms with Crippen molar-refractivity contribution in [1.82, 2.24) is 20.3 Å². The van der Waals surface area contributed by atoms with Crippen LogP contribution in [0.25, 0.3) is 22.3 Å². The van der Waals surface area contributed by atoms with Gasteiger partial charge in [0.05, 0.1) is 0 Å². The lowest BCUT2D eigenvalue weighted by atomic mass is 10.0. The second kappa shape index (κ2) is 6.76. The van der Waals surface area contributed by atoms with Crippen LogP contribution in [-0.4, -0.2) is 41.1 Å². The van der Waals surface area contributed by atoms with Gasteiger partial charge in [-0.3, -0.25) is 9.97 Å². The third-order valence-corrected chi connectivity index (χ3v) is 4.27. The van der Waals surface area contributed by atoms with Crippen molar-refractivity contribution in [2.75, 3.05) is 31.1 Å². The van der Waals surface area contributed by atoms with Crippen molar-refractivity contribution in [1.29, 1.82) is 0 Å². The molecule has 0 atom stereocenters. The Labute approximate surface area is 141 Å². The van der Waals surface area contributed by atoms with Gasteiger partial charge >= 0.3 is 0 Å². The lowest BCUT2D eigenvalue weighted by Gasteiger charge is -2.30. The summed E-state index contributed by atoms with van der Waals surface area (Å²) in [6, 6.07) is 10.3. The predicted molar refractivity (Wildman–Crippen MR) is 95.8 cm³/mol. The van der Waals surface area contributed by atoms with Crippen LogP contribution in [0.5, 0.6) is 0 Å². The first kappa shape index (κ1) is 14.8. The Kier molecular flexibility index (Phi) is 4.16. The summed E-state index contributed by atoms with van der Waals surface area (Å²) in [6.45, 7) is 3.93. The van der Waals surface area contributed by atoms with Gasteiger partial charge in [0.2, 0.25) is 0 Å². The molecule has 120 valence electrons. The molecule has 1 N–H and O–H groups in total. The van der Waals surface area contributed by atoms with Crippen LogP contribution in [0.3, 0.4) is 0 Å². The fourth-order valence-corrected chi connectivity index (χ4v) is 3.04. The number of nitrogens with zero attached hydrogens (tertiary/aromatic N) is 4. The minimum absolute atomic E-state index is 0.974. The van der Waals surface area contributed by atoms with E-state index < -0.39 is 0 Å². The van der Waals surface area contributed by atoms with E-state index in [1.165, 1.54) is 0 Å². The predicted octanol–water partition coefficient (Wildman–Crippen LogP) is 2.62. The van der Waals surface area contributed by atoms with Gasteiger partial charge in [-0.15, -0.1) is 0 Å². The molecule has 5 heteroatoms. The third kappa shape index (κ3) is 2.98. The highest BCUT2D eigenvalue weighted by Crippen LogP contribution is 2.31. The number of hydrogen-bond donors (Lipinski definition) is 1. The summed E-state index contributed by atoms with van der Waals surface area (Å²) in [4.78, 5) is 15.5. The molecule has 0 radical (unpaired) electrons. The Hall–Kier alpha value is -2.79. The molecule has 3 aromatic rings. The van der Waals surface area contributed by atoms with Gasteiger partial charge in [-0.25, -0.2) is 4.98 Å². The molecule has 24 heavy (non-hydrogen) atoms. The standard InChI is InChI=1S/C19H19N5/c1-2-18(19(23-5-1)24-10-8-21-9-11-24)17-12-16(13-22-14-17)15-3-6-20-7-4-15/h1-7,12-14,21H,8-11H2. The first-order valence-corrected chi connectivity index (χ1v) is 8.18. The zero-order valence-electron chi connectivity index (χ0n) is 13.4. The zero-order chi connectivity index (χ0) is 16.2. The van der Waals surface area contributed by atoms with Gasteiger partial charge in [0.15, 0.2) is 0 Å². The highest BCUT2D eigenvalue weighted by Gasteiger charge is 2.16. The highest BCUT2D eigenvalue weighted by atomic mass is 15.2. The molecule has 0 aliphatic carbocycles. The fraction of sp³-hybridized carbons (Fsp3) is 0.211. The number of pyridine rings is 3. The smallest absolute Gasteiger partial charge is 0.136 e. The van der Waals surface area contributed by atoms with E-state index in [1.54, 1.807) is 12.4 Å². The van der Waals surface area contributed by atoms with Crippen molar-refractivity contribution in [3.05, 3.63) is 61.3 Å². The number of nitrogens with one attached hydrogen (secondary N) is 1. The van der Waals surface area contributed by atoms with E-state index in [9.17, 15) is 0 Å². The molecule has 4 rings (SSSR count). The maximum absolute atomic E-state index is 4.64. The van der Waals surface area contributed by atoms with E-state index in [2.05, 4.69) is 37.3 Å². The summed E-state index contributed by atoms with van der Waals surface area (Å²) in [5, 5.41) is 3.39. The Bertz CT molecular complexity index is 813. The number of piperazine rings is 1. The molecule has 1 aliphatic rings. The van der Waals surface area contributed by atoms with Gasteiger partial charge in [-0.1, -0.05) is 0 Å². The average molecular weight is 317 g/mol. The van der Waals surface area contributed by atoms with Gasteiger partial charge in [-0.05, 0) is 35.9 Å². The topological polar surface area (TPSA) is 53.9 Å². The third-order valence-electron chi connectivity index (χ3n) is 4.27. The minimum atomic E-state index is 0.974. The van der Waals surface area contributed by atoms with Crippen LogP contribution in [0.2, 0.25) is 0 Å². The summed E-state index contributed by atoms with van der Waals surface area (Å²) < 4.78 is 0.